The molecule has 1 atom stereocenters. The van der Waals surface area contributed by atoms with Crippen molar-refractivity contribution < 1.29 is 18.8 Å². The largest absolute Gasteiger partial charge is 0.343 e. The number of rotatable bonds is 6. The molecule has 2 fully saturated rings. The van der Waals surface area contributed by atoms with E-state index < -0.39 is 11.9 Å². The van der Waals surface area contributed by atoms with Gasteiger partial charge >= 0.3 is 0 Å². The first kappa shape index (κ1) is 19.6. The number of nitrogens with zero attached hydrogens (tertiary/aromatic N) is 3. The summed E-state index contributed by atoms with van der Waals surface area (Å²) in [5.74, 6) is -0.576. The van der Waals surface area contributed by atoms with Crippen LogP contribution in [0.2, 0.25) is 5.02 Å². The van der Waals surface area contributed by atoms with E-state index in [9.17, 15) is 18.8 Å². The van der Waals surface area contributed by atoms with Crippen LogP contribution in [0.4, 0.5) is 4.39 Å². The molecule has 0 aliphatic carbocycles. The van der Waals surface area contributed by atoms with Gasteiger partial charge in [0.1, 0.15) is 11.9 Å². The average Bonchev–Trinajstić information content (AvgIpc) is 3.03. The summed E-state index contributed by atoms with van der Waals surface area (Å²) in [6.45, 7) is 3.70. The maximum Gasteiger partial charge on any atom is 0.245 e. The van der Waals surface area contributed by atoms with Crippen molar-refractivity contribution in [2.75, 3.05) is 26.2 Å². The Morgan fingerprint density at radius 3 is 2.56 bits per heavy atom. The fourth-order valence-electron chi connectivity index (χ4n) is 3.59. The highest BCUT2D eigenvalue weighted by Gasteiger charge is 2.36. The fraction of sp³-hybridized carbons (Fsp3) is 0.526. The van der Waals surface area contributed by atoms with Gasteiger partial charge in [0, 0.05) is 37.6 Å². The van der Waals surface area contributed by atoms with Crippen molar-refractivity contribution in [3.05, 3.63) is 34.6 Å². The lowest BCUT2D eigenvalue weighted by atomic mass is 10.1. The normalized spacial score (nSPS) is 20.8. The van der Waals surface area contributed by atoms with E-state index >= 15 is 0 Å². The molecule has 0 radical (unpaired) electrons. The number of likely N-dealkylation sites (tertiary alicyclic amines) is 1. The SMILES string of the molecule is C[C@H]1C(=O)N(CCCN2CCCC2=O)CC(=O)N1Cc1ccc(F)cc1Cl. The second kappa shape index (κ2) is 8.25. The van der Waals surface area contributed by atoms with Gasteiger partial charge in [-0.1, -0.05) is 17.7 Å². The summed E-state index contributed by atoms with van der Waals surface area (Å²) >= 11 is 6.05. The first-order valence-corrected chi connectivity index (χ1v) is 9.54. The van der Waals surface area contributed by atoms with Crippen LogP contribution in [0.3, 0.4) is 0 Å². The molecular weight excluding hydrogens is 373 g/mol. The van der Waals surface area contributed by atoms with Crippen LogP contribution in [0.25, 0.3) is 0 Å². The van der Waals surface area contributed by atoms with Gasteiger partial charge in [-0.3, -0.25) is 14.4 Å². The van der Waals surface area contributed by atoms with Crippen LogP contribution in [-0.2, 0) is 20.9 Å². The summed E-state index contributed by atoms with van der Waals surface area (Å²) in [4.78, 5) is 41.7. The summed E-state index contributed by atoms with van der Waals surface area (Å²) < 4.78 is 13.2. The number of benzene rings is 1. The first-order chi connectivity index (χ1) is 12.9. The Bertz CT molecular complexity index is 758. The third-order valence-electron chi connectivity index (χ3n) is 5.17. The van der Waals surface area contributed by atoms with Gasteiger partial charge in [-0.25, -0.2) is 4.39 Å². The quantitative estimate of drug-likeness (QED) is 0.740. The highest BCUT2D eigenvalue weighted by Crippen LogP contribution is 2.22. The van der Waals surface area contributed by atoms with Gasteiger partial charge in [0.25, 0.3) is 0 Å². The van der Waals surface area contributed by atoms with Crippen molar-refractivity contribution in [1.29, 1.82) is 0 Å². The Hall–Kier alpha value is -2.15. The molecule has 2 aliphatic rings. The van der Waals surface area contributed by atoms with E-state index in [1.807, 2.05) is 4.90 Å². The number of carbonyl (C=O) groups is 3. The number of hydrogen-bond donors (Lipinski definition) is 0. The summed E-state index contributed by atoms with van der Waals surface area (Å²) in [6.07, 6.45) is 2.14. The predicted octanol–water partition coefficient (Wildman–Crippen LogP) is 2.05. The first-order valence-electron chi connectivity index (χ1n) is 9.17. The number of carbonyl (C=O) groups excluding carboxylic acids is 3. The second-order valence-electron chi connectivity index (χ2n) is 7.03. The van der Waals surface area contributed by atoms with Gasteiger partial charge in [0.2, 0.25) is 17.7 Å². The Labute approximate surface area is 162 Å². The molecule has 0 aromatic heterocycles. The molecule has 0 bridgehead atoms. The van der Waals surface area contributed by atoms with Crippen molar-refractivity contribution >= 4 is 29.3 Å². The van der Waals surface area contributed by atoms with Crippen LogP contribution in [0, 0.1) is 5.82 Å². The Morgan fingerprint density at radius 1 is 1.15 bits per heavy atom. The van der Waals surface area contributed by atoms with Gasteiger partial charge in [-0.2, -0.15) is 0 Å². The molecule has 2 heterocycles. The maximum atomic E-state index is 13.2. The minimum atomic E-state index is -0.610. The molecule has 1 aromatic carbocycles. The van der Waals surface area contributed by atoms with Crippen LogP contribution >= 0.6 is 11.6 Å². The van der Waals surface area contributed by atoms with E-state index in [0.717, 1.165) is 13.0 Å². The molecule has 3 amide bonds. The molecule has 146 valence electrons. The molecule has 0 spiro atoms. The van der Waals surface area contributed by atoms with Crippen LogP contribution < -0.4 is 0 Å². The average molecular weight is 396 g/mol. The third-order valence-corrected chi connectivity index (χ3v) is 5.52. The monoisotopic (exact) mass is 395 g/mol. The molecule has 2 saturated heterocycles. The number of hydrogen-bond acceptors (Lipinski definition) is 3. The van der Waals surface area contributed by atoms with E-state index in [0.29, 0.717) is 31.5 Å². The lowest BCUT2D eigenvalue weighted by Crippen LogP contribution is -2.58. The highest BCUT2D eigenvalue weighted by molar-refractivity contribution is 6.31. The molecule has 6 nitrogen and oxygen atoms in total. The van der Waals surface area contributed by atoms with Gasteiger partial charge in [-0.05, 0) is 37.5 Å². The molecule has 8 heteroatoms. The van der Waals surface area contributed by atoms with Crippen LogP contribution in [0.15, 0.2) is 18.2 Å². The zero-order chi connectivity index (χ0) is 19.6. The van der Waals surface area contributed by atoms with Crippen molar-refractivity contribution in [2.24, 2.45) is 0 Å². The molecule has 0 saturated carbocycles. The lowest BCUT2D eigenvalue weighted by molar-refractivity contribution is -0.155. The van der Waals surface area contributed by atoms with Gasteiger partial charge in [-0.15, -0.1) is 0 Å². The summed E-state index contributed by atoms with van der Waals surface area (Å²) in [7, 11) is 0. The summed E-state index contributed by atoms with van der Waals surface area (Å²) in [6, 6.07) is 3.40. The van der Waals surface area contributed by atoms with E-state index in [-0.39, 0.29) is 35.8 Å². The second-order valence-corrected chi connectivity index (χ2v) is 7.44. The van der Waals surface area contributed by atoms with Crippen molar-refractivity contribution in [2.45, 2.75) is 38.8 Å². The van der Waals surface area contributed by atoms with Gasteiger partial charge < -0.3 is 14.7 Å². The maximum absolute atomic E-state index is 13.2. The summed E-state index contributed by atoms with van der Waals surface area (Å²) in [5, 5.41) is 0.236. The van der Waals surface area contributed by atoms with Crippen molar-refractivity contribution in [3.63, 3.8) is 0 Å². The predicted molar refractivity (Wildman–Crippen MR) is 98.4 cm³/mol. The zero-order valence-electron chi connectivity index (χ0n) is 15.3. The highest BCUT2D eigenvalue weighted by atomic mass is 35.5. The van der Waals surface area contributed by atoms with Crippen molar-refractivity contribution in [1.82, 2.24) is 14.7 Å². The van der Waals surface area contributed by atoms with Crippen LogP contribution in [-0.4, -0.2) is 64.6 Å². The number of piperazine rings is 1. The molecule has 0 N–H and O–H groups in total. The van der Waals surface area contributed by atoms with E-state index in [4.69, 9.17) is 11.6 Å². The van der Waals surface area contributed by atoms with Crippen LogP contribution in [0.1, 0.15) is 31.7 Å². The Kier molecular flexibility index (Phi) is 5.99. The van der Waals surface area contributed by atoms with Crippen molar-refractivity contribution in [3.8, 4) is 0 Å². The molecule has 1 aromatic rings. The van der Waals surface area contributed by atoms with Crippen LogP contribution in [0.5, 0.6) is 0 Å². The topological polar surface area (TPSA) is 60.9 Å². The van der Waals surface area contributed by atoms with E-state index in [1.165, 1.54) is 23.1 Å². The van der Waals surface area contributed by atoms with E-state index in [2.05, 4.69) is 0 Å². The smallest absolute Gasteiger partial charge is 0.245 e. The third kappa shape index (κ3) is 4.40. The van der Waals surface area contributed by atoms with E-state index in [1.54, 1.807) is 11.8 Å². The number of halogens is 2. The molecule has 0 unspecified atom stereocenters. The standard InChI is InChI=1S/C19H23ClFN3O3/c1-13-19(27)23(9-3-8-22-7-2-4-17(22)25)12-18(26)24(13)11-14-5-6-15(21)10-16(14)20/h5-6,10,13H,2-4,7-9,11-12H2,1H3/t13-/m0/s1. The minimum absolute atomic E-state index is 0.00985. The lowest BCUT2D eigenvalue weighted by Gasteiger charge is -2.39. The fourth-order valence-corrected chi connectivity index (χ4v) is 3.81. The Balaban J connectivity index is 1.57. The zero-order valence-corrected chi connectivity index (χ0v) is 16.0. The number of amides is 3. The van der Waals surface area contributed by atoms with Gasteiger partial charge in [0.05, 0.1) is 6.54 Å². The molecule has 2 aliphatic heterocycles. The molecular formula is C19H23ClFN3O3. The Morgan fingerprint density at radius 2 is 1.89 bits per heavy atom. The molecule has 3 rings (SSSR count). The molecule has 27 heavy (non-hydrogen) atoms. The summed E-state index contributed by atoms with van der Waals surface area (Å²) in [5.41, 5.74) is 0.604. The minimum Gasteiger partial charge on any atom is -0.343 e. The van der Waals surface area contributed by atoms with Gasteiger partial charge in [0.15, 0.2) is 0 Å².